The molecule has 0 spiro atoms. The zero-order valence-corrected chi connectivity index (χ0v) is 15.8. The summed E-state index contributed by atoms with van der Waals surface area (Å²) in [5, 5.41) is 23.2. The van der Waals surface area contributed by atoms with Gasteiger partial charge in [0.1, 0.15) is 17.3 Å². The van der Waals surface area contributed by atoms with E-state index < -0.39 is 4.92 Å². The second-order valence-electron chi connectivity index (χ2n) is 6.64. The van der Waals surface area contributed by atoms with Crippen LogP contribution in [-0.2, 0) is 11.3 Å². The monoisotopic (exact) mass is 391 g/mol. The second-order valence-corrected chi connectivity index (χ2v) is 6.64. The number of rotatable bonds is 6. The molecule has 0 radical (unpaired) electrons. The number of hydrogen-bond donors (Lipinski definition) is 1. The Bertz CT molecular complexity index is 944. The van der Waals surface area contributed by atoms with Gasteiger partial charge < -0.3 is 10.2 Å². The van der Waals surface area contributed by atoms with Crippen LogP contribution in [0.15, 0.2) is 66.4 Å². The van der Waals surface area contributed by atoms with E-state index in [0.717, 1.165) is 19.6 Å². The molecule has 1 heterocycles. The van der Waals surface area contributed by atoms with Gasteiger partial charge in [-0.15, -0.1) is 0 Å². The SMILES string of the molecule is N#C/C(=C/Nc1ccccc1[N+](=O)[O-])C(=O)N1CCN(Cc2ccccc2)CC1. The largest absolute Gasteiger partial charge is 0.355 e. The number of anilines is 1. The van der Waals surface area contributed by atoms with E-state index in [1.807, 2.05) is 24.3 Å². The number of nitro groups is 1. The Morgan fingerprint density at radius 2 is 1.76 bits per heavy atom. The molecule has 0 unspecified atom stereocenters. The fourth-order valence-electron chi connectivity index (χ4n) is 3.17. The molecule has 1 aliphatic rings. The summed E-state index contributed by atoms with van der Waals surface area (Å²) in [5.41, 5.74) is 1.24. The first-order valence-electron chi connectivity index (χ1n) is 9.24. The minimum atomic E-state index is -0.518. The number of benzene rings is 2. The van der Waals surface area contributed by atoms with Crippen LogP contribution in [0.3, 0.4) is 0 Å². The maximum absolute atomic E-state index is 12.7. The van der Waals surface area contributed by atoms with Gasteiger partial charge in [0, 0.05) is 45.0 Å². The summed E-state index contributed by atoms with van der Waals surface area (Å²) in [4.78, 5) is 27.1. The lowest BCUT2D eigenvalue weighted by molar-refractivity contribution is -0.383. The van der Waals surface area contributed by atoms with Crippen LogP contribution in [0.5, 0.6) is 0 Å². The number of carbonyl (C=O) groups excluding carboxylic acids is 1. The number of amides is 1. The van der Waals surface area contributed by atoms with Crippen molar-refractivity contribution in [3.05, 3.63) is 82.0 Å². The van der Waals surface area contributed by atoms with Crippen molar-refractivity contribution in [2.45, 2.75) is 6.54 Å². The lowest BCUT2D eigenvalue weighted by Gasteiger charge is -2.34. The average Bonchev–Trinajstić information content (AvgIpc) is 2.75. The van der Waals surface area contributed by atoms with Crippen LogP contribution in [-0.4, -0.2) is 46.8 Å². The summed E-state index contributed by atoms with van der Waals surface area (Å²) in [6.07, 6.45) is 1.24. The molecule has 1 aliphatic heterocycles. The van der Waals surface area contributed by atoms with Crippen LogP contribution in [0.1, 0.15) is 5.56 Å². The predicted molar refractivity (Wildman–Crippen MR) is 109 cm³/mol. The molecule has 1 saturated heterocycles. The summed E-state index contributed by atoms with van der Waals surface area (Å²) in [6, 6.07) is 18.1. The zero-order chi connectivity index (χ0) is 20.6. The van der Waals surface area contributed by atoms with E-state index in [1.165, 1.54) is 23.9 Å². The number of piperazine rings is 1. The molecule has 1 N–H and O–H groups in total. The Balaban J connectivity index is 1.60. The van der Waals surface area contributed by atoms with Crippen molar-refractivity contribution in [1.82, 2.24) is 9.80 Å². The van der Waals surface area contributed by atoms with E-state index in [-0.39, 0.29) is 22.9 Å². The Morgan fingerprint density at radius 1 is 1.10 bits per heavy atom. The molecule has 0 bridgehead atoms. The van der Waals surface area contributed by atoms with E-state index in [1.54, 1.807) is 17.0 Å². The average molecular weight is 391 g/mol. The van der Waals surface area contributed by atoms with Gasteiger partial charge in [0.25, 0.3) is 11.6 Å². The first-order chi connectivity index (χ1) is 14.1. The van der Waals surface area contributed by atoms with Crippen LogP contribution in [0.25, 0.3) is 0 Å². The van der Waals surface area contributed by atoms with Gasteiger partial charge in [-0.25, -0.2) is 0 Å². The maximum Gasteiger partial charge on any atom is 0.292 e. The minimum absolute atomic E-state index is 0.0836. The van der Waals surface area contributed by atoms with Gasteiger partial charge in [-0.3, -0.25) is 19.8 Å². The van der Waals surface area contributed by atoms with Crippen molar-refractivity contribution in [3.8, 4) is 6.07 Å². The number of nitro benzene ring substituents is 1. The minimum Gasteiger partial charge on any atom is -0.355 e. The molecule has 8 nitrogen and oxygen atoms in total. The molecular weight excluding hydrogens is 370 g/mol. The number of nitriles is 1. The van der Waals surface area contributed by atoms with Gasteiger partial charge in [-0.05, 0) is 11.6 Å². The molecule has 148 valence electrons. The van der Waals surface area contributed by atoms with Gasteiger partial charge in [0.05, 0.1) is 4.92 Å². The smallest absolute Gasteiger partial charge is 0.292 e. The highest BCUT2D eigenvalue weighted by atomic mass is 16.6. The summed E-state index contributed by atoms with van der Waals surface area (Å²) in [6.45, 7) is 3.31. The van der Waals surface area contributed by atoms with Crippen molar-refractivity contribution in [2.75, 3.05) is 31.5 Å². The first-order valence-corrected chi connectivity index (χ1v) is 9.24. The number of nitrogens with one attached hydrogen (secondary N) is 1. The molecule has 8 heteroatoms. The van der Waals surface area contributed by atoms with Gasteiger partial charge in [0.15, 0.2) is 0 Å². The fraction of sp³-hybridized carbons (Fsp3) is 0.238. The van der Waals surface area contributed by atoms with E-state index in [0.29, 0.717) is 13.1 Å². The van der Waals surface area contributed by atoms with Gasteiger partial charge in [-0.1, -0.05) is 42.5 Å². The molecule has 0 atom stereocenters. The summed E-state index contributed by atoms with van der Waals surface area (Å²) in [7, 11) is 0. The summed E-state index contributed by atoms with van der Waals surface area (Å²) < 4.78 is 0. The van der Waals surface area contributed by atoms with Gasteiger partial charge >= 0.3 is 0 Å². The quantitative estimate of drug-likeness (QED) is 0.352. The molecule has 0 aromatic heterocycles. The normalized spacial score (nSPS) is 14.9. The third kappa shape index (κ3) is 5.18. The molecular formula is C21H21N5O3. The summed E-state index contributed by atoms with van der Waals surface area (Å²) >= 11 is 0. The highest BCUT2D eigenvalue weighted by molar-refractivity contribution is 5.97. The number of carbonyl (C=O) groups is 1. The Hall–Kier alpha value is -3.70. The van der Waals surface area contributed by atoms with E-state index >= 15 is 0 Å². The fourth-order valence-corrected chi connectivity index (χ4v) is 3.17. The maximum atomic E-state index is 12.7. The topological polar surface area (TPSA) is 103 Å². The number of nitrogens with zero attached hydrogens (tertiary/aromatic N) is 4. The highest BCUT2D eigenvalue weighted by Gasteiger charge is 2.24. The number of hydrogen-bond acceptors (Lipinski definition) is 6. The van der Waals surface area contributed by atoms with Gasteiger partial charge in [-0.2, -0.15) is 5.26 Å². The third-order valence-electron chi connectivity index (χ3n) is 4.73. The van der Waals surface area contributed by atoms with Crippen molar-refractivity contribution in [3.63, 3.8) is 0 Å². The summed E-state index contributed by atoms with van der Waals surface area (Å²) in [5.74, 6) is -0.377. The van der Waals surface area contributed by atoms with E-state index in [4.69, 9.17) is 0 Å². The Labute approximate surface area is 168 Å². The molecule has 2 aromatic carbocycles. The Kier molecular flexibility index (Phi) is 6.55. The predicted octanol–water partition coefficient (Wildman–Crippen LogP) is 2.76. The molecule has 29 heavy (non-hydrogen) atoms. The Morgan fingerprint density at radius 3 is 2.41 bits per heavy atom. The molecule has 0 saturated carbocycles. The van der Waals surface area contributed by atoms with Crippen LogP contribution in [0.4, 0.5) is 11.4 Å². The number of para-hydroxylation sites is 2. The van der Waals surface area contributed by atoms with Crippen LogP contribution >= 0.6 is 0 Å². The zero-order valence-electron chi connectivity index (χ0n) is 15.8. The lowest BCUT2D eigenvalue weighted by Crippen LogP contribution is -2.48. The third-order valence-corrected chi connectivity index (χ3v) is 4.73. The van der Waals surface area contributed by atoms with Gasteiger partial charge in [0.2, 0.25) is 0 Å². The lowest BCUT2D eigenvalue weighted by atomic mass is 10.2. The first kappa shape index (κ1) is 20.0. The van der Waals surface area contributed by atoms with Crippen molar-refractivity contribution >= 4 is 17.3 Å². The van der Waals surface area contributed by atoms with E-state index in [9.17, 15) is 20.2 Å². The van der Waals surface area contributed by atoms with Crippen molar-refractivity contribution in [2.24, 2.45) is 0 Å². The molecule has 0 aliphatic carbocycles. The molecule has 1 amide bonds. The van der Waals surface area contributed by atoms with Crippen LogP contribution in [0.2, 0.25) is 0 Å². The van der Waals surface area contributed by atoms with Crippen molar-refractivity contribution < 1.29 is 9.72 Å². The molecule has 1 fully saturated rings. The highest BCUT2D eigenvalue weighted by Crippen LogP contribution is 2.23. The van der Waals surface area contributed by atoms with Crippen LogP contribution in [0, 0.1) is 21.4 Å². The van der Waals surface area contributed by atoms with E-state index in [2.05, 4.69) is 22.3 Å². The van der Waals surface area contributed by atoms with Crippen molar-refractivity contribution in [1.29, 1.82) is 5.26 Å². The molecule has 2 aromatic rings. The second kappa shape index (κ2) is 9.48. The van der Waals surface area contributed by atoms with Crippen LogP contribution < -0.4 is 5.32 Å². The standard InChI is InChI=1S/C21H21N5O3/c22-14-18(15-23-19-8-4-5-9-20(19)26(28)29)21(27)25-12-10-24(11-13-25)16-17-6-2-1-3-7-17/h1-9,15,23H,10-13,16H2/b18-15-. The molecule has 3 rings (SSSR count).